The van der Waals surface area contributed by atoms with Crippen LogP contribution in [-0.4, -0.2) is 35.1 Å². The van der Waals surface area contributed by atoms with E-state index in [0.717, 1.165) is 6.42 Å². The number of likely N-dealkylation sites (N-methyl/N-ethyl adjacent to an activating group) is 1. The number of hydrogen-bond acceptors (Lipinski definition) is 2. The van der Waals surface area contributed by atoms with Gasteiger partial charge in [-0.25, -0.2) is 0 Å². The van der Waals surface area contributed by atoms with Crippen molar-refractivity contribution in [2.24, 2.45) is 5.92 Å². The number of aliphatic hydroxyl groups excluding tert-OH is 1. The van der Waals surface area contributed by atoms with Gasteiger partial charge in [-0.3, -0.25) is 4.79 Å². The third kappa shape index (κ3) is 4.09. The molecule has 0 spiro atoms. The molecule has 0 saturated heterocycles. The summed E-state index contributed by atoms with van der Waals surface area (Å²) in [6.45, 7) is 7.92. The van der Waals surface area contributed by atoms with Crippen LogP contribution in [0.3, 0.4) is 0 Å². The Bertz CT molecular complexity index is 188. The van der Waals surface area contributed by atoms with Crippen molar-refractivity contribution in [3.63, 3.8) is 0 Å². The molecule has 84 valence electrons. The van der Waals surface area contributed by atoms with Gasteiger partial charge < -0.3 is 10.0 Å². The lowest BCUT2D eigenvalue weighted by atomic mass is 10.0. The van der Waals surface area contributed by atoms with E-state index in [9.17, 15) is 4.79 Å². The predicted molar refractivity (Wildman–Crippen MR) is 58.0 cm³/mol. The summed E-state index contributed by atoms with van der Waals surface area (Å²) in [5, 5.41) is 9.10. The molecule has 0 aromatic rings. The average Bonchev–Trinajstić information content (AvgIpc) is 2.12. The predicted octanol–water partition coefficient (Wildman–Crippen LogP) is 1.65. The topological polar surface area (TPSA) is 40.5 Å². The maximum absolute atomic E-state index is 11.7. The molecule has 0 aromatic carbocycles. The summed E-state index contributed by atoms with van der Waals surface area (Å²) < 4.78 is 0. The minimum absolute atomic E-state index is 0.00306. The first-order valence-corrected chi connectivity index (χ1v) is 5.18. The van der Waals surface area contributed by atoms with Crippen molar-refractivity contribution >= 4 is 5.91 Å². The number of carbonyl (C=O) groups is 1. The van der Waals surface area contributed by atoms with E-state index in [-0.39, 0.29) is 12.5 Å². The monoisotopic (exact) mass is 201 g/mol. The third-order valence-electron chi connectivity index (χ3n) is 2.60. The first-order chi connectivity index (χ1) is 6.31. The van der Waals surface area contributed by atoms with Crippen LogP contribution in [0, 0.1) is 5.92 Å². The van der Waals surface area contributed by atoms with Crippen molar-refractivity contribution in [1.29, 1.82) is 0 Å². The van der Waals surface area contributed by atoms with E-state index < -0.39 is 5.54 Å². The summed E-state index contributed by atoms with van der Waals surface area (Å²) in [5.41, 5.74) is -0.450. The van der Waals surface area contributed by atoms with Gasteiger partial charge in [-0.2, -0.15) is 0 Å². The molecule has 3 nitrogen and oxygen atoms in total. The highest BCUT2D eigenvalue weighted by Crippen LogP contribution is 2.14. The fourth-order valence-corrected chi connectivity index (χ4v) is 1.02. The number of amides is 1. The molecule has 0 saturated carbocycles. The highest BCUT2D eigenvalue weighted by molar-refractivity contribution is 5.76. The van der Waals surface area contributed by atoms with Crippen LogP contribution in [-0.2, 0) is 4.79 Å². The van der Waals surface area contributed by atoms with E-state index in [1.807, 2.05) is 13.8 Å². The number of carbonyl (C=O) groups excluding carboxylic acids is 1. The first kappa shape index (κ1) is 13.4. The van der Waals surface area contributed by atoms with Gasteiger partial charge in [0.2, 0.25) is 5.91 Å². The molecular formula is C11H23NO2. The summed E-state index contributed by atoms with van der Waals surface area (Å²) in [6.07, 6.45) is 1.47. The molecule has 0 aliphatic heterocycles. The van der Waals surface area contributed by atoms with Gasteiger partial charge >= 0.3 is 0 Å². The van der Waals surface area contributed by atoms with Crippen molar-refractivity contribution in [2.45, 2.75) is 46.1 Å². The minimum Gasteiger partial charge on any atom is -0.394 e. The molecule has 0 radical (unpaired) electrons. The summed E-state index contributed by atoms with van der Waals surface area (Å²) in [6, 6.07) is 0. The number of nitrogens with zero attached hydrogens (tertiary/aromatic N) is 1. The largest absolute Gasteiger partial charge is 0.394 e. The van der Waals surface area contributed by atoms with Crippen LogP contribution >= 0.6 is 0 Å². The van der Waals surface area contributed by atoms with Crippen LogP contribution in [0.2, 0.25) is 0 Å². The summed E-state index contributed by atoms with van der Waals surface area (Å²) >= 11 is 0. The van der Waals surface area contributed by atoms with Crippen LogP contribution in [0.15, 0.2) is 0 Å². The van der Waals surface area contributed by atoms with Crippen molar-refractivity contribution < 1.29 is 9.90 Å². The molecule has 1 N–H and O–H groups in total. The Kier molecular flexibility index (Phi) is 5.13. The van der Waals surface area contributed by atoms with Gasteiger partial charge in [0.1, 0.15) is 0 Å². The molecule has 0 fully saturated rings. The van der Waals surface area contributed by atoms with Crippen LogP contribution in [0.25, 0.3) is 0 Å². The lowest BCUT2D eigenvalue weighted by Gasteiger charge is -2.34. The van der Waals surface area contributed by atoms with Crippen molar-refractivity contribution in [1.82, 2.24) is 4.90 Å². The minimum atomic E-state index is -0.450. The number of hydrogen-bond donors (Lipinski definition) is 1. The van der Waals surface area contributed by atoms with Crippen molar-refractivity contribution in [2.75, 3.05) is 13.7 Å². The lowest BCUT2D eigenvalue weighted by Crippen LogP contribution is -2.47. The second-order valence-electron chi connectivity index (χ2n) is 4.86. The molecule has 0 heterocycles. The SMILES string of the molecule is CC(C)CCC(=O)N(C)C(C)(C)CO. The van der Waals surface area contributed by atoms with Crippen LogP contribution in [0.5, 0.6) is 0 Å². The molecular weight excluding hydrogens is 178 g/mol. The number of aliphatic hydroxyl groups is 1. The van der Waals surface area contributed by atoms with E-state index in [4.69, 9.17) is 5.11 Å². The van der Waals surface area contributed by atoms with Gasteiger partial charge in [0, 0.05) is 13.5 Å². The fraction of sp³-hybridized carbons (Fsp3) is 0.909. The Morgan fingerprint density at radius 3 is 2.29 bits per heavy atom. The molecule has 0 atom stereocenters. The summed E-state index contributed by atoms with van der Waals surface area (Å²) in [5.74, 6) is 0.655. The number of rotatable bonds is 5. The Balaban J connectivity index is 4.12. The summed E-state index contributed by atoms with van der Waals surface area (Å²) in [7, 11) is 1.75. The molecule has 0 rings (SSSR count). The maximum Gasteiger partial charge on any atom is 0.222 e. The van der Waals surface area contributed by atoms with E-state index in [1.165, 1.54) is 0 Å². The zero-order valence-electron chi connectivity index (χ0n) is 10.0. The molecule has 14 heavy (non-hydrogen) atoms. The molecule has 0 bridgehead atoms. The first-order valence-electron chi connectivity index (χ1n) is 5.18. The van der Waals surface area contributed by atoms with Crippen LogP contribution in [0.4, 0.5) is 0 Å². The molecule has 0 aliphatic carbocycles. The Morgan fingerprint density at radius 2 is 1.93 bits per heavy atom. The van der Waals surface area contributed by atoms with Gasteiger partial charge in [0.25, 0.3) is 0 Å². The fourth-order valence-electron chi connectivity index (χ4n) is 1.02. The Morgan fingerprint density at radius 1 is 1.43 bits per heavy atom. The van der Waals surface area contributed by atoms with Gasteiger partial charge in [0.15, 0.2) is 0 Å². The van der Waals surface area contributed by atoms with E-state index in [0.29, 0.717) is 12.3 Å². The van der Waals surface area contributed by atoms with Gasteiger partial charge in [0.05, 0.1) is 12.1 Å². The van der Waals surface area contributed by atoms with Crippen molar-refractivity contribution in [3.05, 3.63) is 0 Å². The summed E-state index contributed by atoms with van der Waals surface area (Å²) in [4.78, 5) is 13.3. The molecule has 1 amide bonds. The zero-order valence-corrected chi connectivity index (χ0v) is 10.0. The van der Waals surface area contributed by atoms with Gasteiger partial charge in [-0.05, 0) is 26.2 Å². The Hall–Kier alpha value is -0.570. The van der Waals surface area contributed by atoms with Gasteiger partial charge in [-0.1, -0.05) is 13.8 Å². The quantitative estimate of drug-likeness (QED) is 0.734. The third-order valence-corrected chi connectivity index (χ3v) is 2.60. The molecule has 0 aromatic heterocycles. The Labute approximate surface area is 87.1 Å². The van der Waals surface area contributed by atoms with E-state index >= 15 is 0 Å². The smallest absolute Gasteiger partial charge is 0.222 e. The van der Waals surface area contributed by atoms with Crippen LogP contribution in [0.1, 0.15) is 40.5 Å². The zero-order chi connectivity index (χ0) is 11.4. The van der Waals surface area contributed by atoms with E-state index in [2.05, 4.69) is 13.8 Å². The molecule has 0 unspecified atom stereocenters. The van der Waals surface area contributed by atoms with Gasteiger partial charge in [-0.15, -0.1) is 0 Å². The van der Waals surface area contributed by atoms with Crippen molar-refractivity contribution in [3.8, 4) is 0 Å². The second-order valence-corrected chi connectivity index (χ2v) is 4.86. The average molecular weight is 201 g/mol. The lowest BCUT2D eigenvalue weighted by molar-refractivity contribution is -0.136. The standard InChI is InChI=1S/C11H23NO2/c1-9(2)6-7-10(14)12(5)11(3,4)8-13/h9,13H,6-8H2,1-5H3. The molecule has 0 aliphatic rings. The van der Waals surface area contributed by atoms with Crippen LogP contribution < -0.4 is 0 Å². The van der Waals surface area contributed by atoms with E-state index in [1.54, 1.807) is 11.9 Å². The molecule has 3 heteroatoms. The highest BCUT2D eigenvalue weighted by atomic mass is 16.3. The highest BCUT2D eigenvalue weighted by Gasteiger charge is 2.26. The normalized spacial score (nSPS) is 11.9. The second kappa shape index (κ2) is 5.35. The maximum atomic E-state index is 11.7.